The van der Waals surface area contributed by atoms with Crippen LogP contribution in [0.1, 0.15) is 13.3 Å². The lowest BCUT2D eigenvalue weighted by Gasteiger charge is -2.11. The molecule has 1 atom stereocenters. The van der Waals surface area contributed by atoms with E-state index in [1.54, 1.807) is 6.92 Å². The fraction of sp³-hybridized carbons (Fsp3) is 0.875. The van der Waals surface area contributed by atoms with Crippen molar-refractivity contribution in [2.24, 2.45) is 0 Å². The van der Waals surface area contributed by atoms with Gasteiger partial charge in [-0.05, 0) is 0 Å². The first-order chi connectivity index (χ1) is 6.85. The van der Waals surface area contributed by atoms with Gasteiger partial charge in [0, 0.05) is 5.25 Å². The number of alkyl halides is 3. The number of ether oxygens (including phenoxy) is 2. The van der Waals surface area contributed by atoms with E-state index in [2.05, 4.69) is 9.47 Å². The summed E-state index contributed by atoms with van der Waals surface area (Å²) in [6.45, 7) is 0.462. The van der Waals surface area contributed by atoms with Crippen LogP contribution in [0.5, 0.6) is 0 Å². The quantitative estimate of drug-likeness (QED) is 0.409. The summed E-state index contributed by atoms with van der Waals surface area (Å²) in [5, 5.41) is -0.120. The van der Waals surface area contributed by atoms with Gasteiger partial charge in [-0.2, -0.15) is 13.2 Å². The first-order valence-corrected chi connectivity index (χ1v) is 5.23. The molecule has 0 aromatic heterocycles. The molecule has 1 unspecified atom stereocenters. The van der Waals surface area contributed by atoms with Gasteiger partial charge in [0.25, 0.3) is 0 Å². The van der Waals surface area contributed by atoms with E-state index in [4.69, 9.17) is 0 Å². The van der Waals surface area contributed by atoms with Crippen molar-refractivity contribution in [2.75, 3.05) is 19.7 Å². The Kier molecular flexibility index (Phi) is 6.75. The molecule has 0 heterocycles. The van der Waals surface area contributed by atoms with Crippen molar-refractivity contribution in [3.05, 3.63) is 0 Å². The summed E-state index contributed by atoms with van der Waals surface area (Å²) in [7, 11) is 1.26. The lowest BCUT2D eigenvalue weighted by Crippen LogP contribution is -2.17. The predicted octanol–water partition coefficient (Wildman–Crippen LogP) is 2.21. The monoisotopic (exact) mass is 246 g/mol. The van der Waals surface area contributed by atoms with E-state index < -0.39 is 12.8 Å². The molecule has 0 aliphatic heterocycles. The van der Waals surface area contributed by atoms with Crippen molar-refractivity contribution < 1.29 is 27.4 Å². The Morgan fingerprint density at radius 1 is 1.47 bits per heavy atom. The zero-order valence-corrected chi connectivity index (χ0v) is 9.28. The molecule has 90 valence electrons. The predicted molar refractivity (Wildman–Crippen MR) is 50.6 cm³/mol. The first-order valence-electron chi connectivity index (χ1n) is 4.18. The van der Waals surface area contributed by atoms with Crippen LogP contribution in [0.15, 0.2) is 0 Å². The summed E-state index contributed by atoms with van der Waals surface area (Å²) in [6, 6.07) is 0. The Morgan fingerprint density at radius 2 is 2.07 bits per heavy atom. The van der Waals surface area contributed by atoms with Crippen LogP contribution in [0.2, 0.25) is 0 Å². The van der Waals surface area contributed by atoms with Crippen molar-refractivity contribution in [1.29, 1.82) is 0 Å². The Hall–Kier alpha value is -0.430. The van der Waals surface area contributed by atoms with Gasteiger partial charge in [0.15, 0.2) is 0 Å². The molecule has 0 aromatic rings. The van der Waals surface area contributed by atoms with Gasteiger partial charge in [0.1, 0.15) is 6.61 Å². The molecule has 0 fully saturated rings. The zero-order chi connectivity index (χ0) is 11.9. The standard InChI is InChI=1S/C8H13F3O3S/c1-6(3-7(12)13-2)15-5-14-4-8(9,10)11/h6H,3-5H2,1-2H3. The van der Waals surface area contributed by atoms with Crippen molar-refractivity contribution in [1.82, 2.24) is 0 Å². The summed E-state index contributed by atoms with van der Waals surface area (Å²) in [5.74, 6) is -0.469. The molecule has 0 radical (unpaired) electrons. The average Bonchev–Trinajstić information content (AvgIpc) is 2.11. The Bertz CT molecular complexity index is 196. The van der Waals surface area contributed by atoms with E-state index in [1.807, 2.05) is 0 Å². The highest BCUT2D eigenvalue weighted by Crippen LogP contribution is 2.18. The number of hydrogen-bond donors (Lipinski definition) is 0. The Balaban J connectivity index is 3.47. The second kappa shape index (κ2) is 6.95. The third kappa shape index (κ3) is 9.86. The van der Waals surface area contributed by atoms with Crippen LogP contribution >= 0.6 is 11.8 Å². The van der Waals surface area contributed by atoms with Gasteiger partial charge in [-0.3, -0.25) is 4.79 Å². The summed E-state index contributed by atoms with van der Waals surface area (Å²) in [4.78, 5) is 10.8. The molecular weight excluding hydrogens is 233 g/mol. The van der Waals surface area contributed by atoms with Gasteiger partial charge in [0.2, 0.25) is 0 Å². The molecule has 0 saturated carbocycles. The molecular formula is C8H13F3O3S. The summed E-state index contributed by atoms with van der Waals surface area (Å²) in [5.41, 5.74) is 0. The van der Waals surface area contributed by atoms with Crippen LogP contribution in [0, 0.1) is 0 Å². The number of rotatable bonds is 6. The number of carbonyl (C=O) groups excluding carboxylic acids is 1. The maximum atomic E-state index is 11.6. The number of esters is 1. The summed E-state index contributed by atoms with van der Waals surface area (Å²) >= 11 is 1.14. The highest BCUT2D eigenvalue weighted by atomic mass is 32.2. The maximum Gasteiger partial charge on any atom is 0.411 e. The van der Waals surface area contributed by atoms with E-state index in [0.29, 0.717) is 0 Å². The van der Waals surface area contributed by atoms with Crippen molar-refractivity contribution in [2.45, 2.75) is 24.8 Å². The van der Waals surface area contributed by atoms with Gasteiger partial charge in [-0.25, -0.2) is 0 Å². The largest absolute Gasteiger partial charge is 0.469 e. The molecule has 7 heteroatoms. The van der Waals surface area contributed by atoms with Crippen molar-refractivity contribution >= 4 is 17.7 Å². The molecule has 0 aliphatic carbocycles. The van der Waals surface area contributed by atoms with Crippen molar-refractivity contribution in [3.63, 3.8) is 0 Å². The van der Waals surface area contributed by atoms with Crippen LogP contribution in [0.25, 0.3) is 0 Å². The van der Waals surface area contributed by atoms with E-state index in [1.165, 1.54) is 7.11 Å². The highest BCUT2D eigenvalue weighted by Gasteiger charge is 2.27. The van der Waals surface area contributed by atoms with Gasteiger partial charge < -0.3 is 9.47 Å². The zero-order valence-electron chi connectivity index (χ0n) is 8.47. The van der Waals surface area contributed by atoms with Gasteiger partial charge in [-0.15, -0.1) is 11.8 Å². The molecule has 0 saturated heterocycles. The highest BCUT2D eigenvalue weighted by molar-refractivity contribution is 7.99. The molecule has 15 heavy (non-hydrogen) atoms. The van der Waals surface area contributed by atoms with Crippen LogP contribution in [0.3, 0.4) is 0 Å². The third-order valence-electron chi connectivity index (χ3n) is 1.38. The molecule has 0 rings (SSSR count). The fourth-order valence-corrected chi connectivity index (χ4v) is 1.36. The van der Waals surface area contributed by atoms with Crippen LogP contribution in [-0.2, 0) is 14.3 Å². The lowest BCUT2D eigenvalue weighted by atomic mass is 10.3. The minimum atomic E-state index is -4.30. The molecule has 0 bridgehead atoms. The van der Waals surface area contributed by atoms with Gasteiger partial charge >= 0.3 is 12.1 Å². The maximum absolute atomic E-state index is 11.6. The van der Waals surface area contributed by atoms with E-state index >= 15 is 0 Å². The topological polar surface area (TPSA) is 35.5 Å². The number of halogens is 3. The number of methoxy groups -OCH3 is 1. The summed E-state index contributed by atoms with van der Waals surface area (Å²) < 4.78 is 43.7. The van der Waals surface area contributed by atoms with E-state index in [9.17, 15) is 18.0 Å². The second-order valence-electron chi connectivity index (χ2n) is 2.84. The number of carbonyl (C=O) groups is 1. The Morgan fingerprint density at radius 3 is 2.53 bits per heavy atom. The molecule has 0 N–H and O–H groups in total. The smallest absolute Gasteiger partial charge is 0.411 e. The normalized spacial score (nSPS) is 13.7. The number of thioether (sulfide) groups is 1. The van der Waals surface area contributed by atoms with Gasteiger partial charge in [-0.1, -0.05) is 6.92 Å². The van der Waals surface area contributed by atoms with E-state index in [-0.39, 0.29) is 23.6 Å². The molecule has 0 amide bonds. The van der Waals surface area contributed by atoms with Crippen LogP contribution in [-0.4, -0.2) is 37.1 Å². The molecule has 0 aromatic carbocycles. The van der Waals surface area contributed by atoms with Crippen molar-refractivity contribution in [3.8, 4) is 0 Å². The second-order valence-corrected chi connectivity index (χ2v) is 4.21. The molecule has 3 nitrogen and oxygen atoms in total. The molecule has 0 aliphatic rings. The SMILES string of the molecule is COC(=O)CC(C)SCOCC(F)(F)F. The van der Waals surface area contributed by atoms with Crippen LogP contribution in [0.4, 0.5) is 13.2 Å². The minimum absolute atomic E-state index is 0.0856. The van der Waals surface area contributed by atoms with Gasteiger partial charge in [0.05, 0.1) is 19.5 Å². The first kappa shape index (κ1) is 14.6. The average molecular weight is 246 g/mol. The minimum Gasteiger partial charge on any atom is -0.469 e. The van der Waals surface area contributed by atoms with Crippen LogP contribution < -0.4 is 0 Å². The lowest BCUT2D eigenvalue weighted by molar-refractivity contribution is -0.169. The number of hydrogen-bond acceptors (Lipinski definition) is 4. The summed E-state index contributed by atoms with van der Waals surface area (Å²) in [6.07, 6.45) is -4.14. The fourth-order valence-electron chi connectivity index (χ4n) is 0.699. The van der Waals surface area contributed by atoms with E-state index in [0.717, 1.165) is 11.8 Å². The molecule has 0 spiro atoms. The Labute approximate surface area is 90.3 Å². The third-order valence-corrected chi connectivity index (χ3v) is 2.42.